The number of guanidine groups is 1. The molecule has 1 aromatic carbocycles. The van der Waals surface area contributed by atoms with Crippen molar-refractivity contribution in [3.05, 3.63) is 29.5 Å². The van der Waals surface area contributed by atoms with Gasteiger partial charge >= 0.3 is 0 Å². The standard InChI is InChI=1S/C18H25N5O2.2ClH/c1-12-5-6-15(25-10-9-23-7-3-4-8-23)16-13(12)11-14(21-16)17(24)22(2)18(19)20;;/h5-6,11,21H,3-4,7-10H2,1-2H3,(H3,19,20);2*1H. The number of halogens is 2. The Morgan fingerprint density at radius 2 is 2.00 bits per heavy atom. The molecule has 0 saturated carbocycles. The number of aromatic nitrogens is 1. The summed E-state index contributed by atoms with van der Waals surface area (Å²) in [5.74, 6) is 0.109. The number of aromatic amines is 1. The largest absolute Gasteiger partial charge is 0.490 e. The van der Waals surface area contributed by atoms with Gasteiger partial charge in [-0.15, -0.1) is 24.8 Å². The summed E-state index contributed by atoms with van der Waals surface area (Å²) in [5, 5.41) is 8.35. The zero-order valence-corrected chi connectivity index (χ0v) is 17.2. The number of likely N-dealkylation sites (tertiary alicyclic amines) is 1. The highest BCUT2D eigenvalue weighted by molar-refractivity contribution is 6.06. The Hall–Kier alpha value is -1.96. The van der Waals surface area contributed by atoms with Crippen molar-refractivity contribution in [2.24, 2.45) is 5.73 Å². The molecule has 1 aromatic heterocycles. The van der Waals surface area contributed by atoms with Gasteiger partial charge in [-0.3, -0.25) is 20.0 Å². The van der Waals surface area contributed by atoms with E-state index >= 15 is 0 Å². The molecule has 27 heavy (non-hydrogen) atoms. The molecule has 0 aliphatic carbocycles. The Labute approximate surface area is 171 Å². The first-order valence-electron chi connectivity index (χ1n) is 8.57. The summed E-state index contributed by atoms with van der Waals surface area (Å²) >= 11 is 0. The van der Waals surface area contributed by atoms with Gasteiger partial charge in [-0.05, 0) is 50.6 Å². The van der Waals surface area contributed by atoms with E-state index in [9.17, 15) is 4.79 Å². The van der Waals surface area contributed by atoms with Gasteiger partial charge in [0.15, 0.2) is 5.96 Å². The van der Waals surface area contributed by atoms with Crippen LogP contribution >= 0.6 is 24.8 Å². The fourth-order valence-corrected chi connectivity index (χ4v) is 3.15. The number of hydrogen-bond donors (Lipinski definition) is 3. The summed E-state index contributed by atoms with van der Waals surface area (Å²) < 4.78 is 5.97. The van der Waals surface area contributed by atoms with Gasteiger partial charge in [-0.2, -0.15) is 0 Å². The molecule has 4 N–H and O–H groups in total. The smallest absolute Gasteiger partial charge is 0.276 e. The van der Waals surface area contributed by atoms with Crippen LogP contribution < -0.4 is 10.5 Å². The number of rotatable bonds is 5. The quantitative estimate of drug-likeness (QED) is 0.516. The molecule has 0 bridgehead atoms. The molecule has 0 unspecified atom stereocenters. The molecule has 1 amide bonds. The monoisotopic (exact) mass is 415 g/mol. The maximum Gasteiger partial charge on any atom is 0.276 e. The van der Waals surface area contributed by atoms with Gasteiger partial charge in [0.25, 0.3) is 5.91 Å². The SMILES string of the molecule is Cc1ccc(OCCN2CCCC2)c2[nH]c(C(=O)N(C)C(=N)N)cc12.Cl.Cl. The highest BCUT2D eigenvalue weighted by atomic mass is 35.5. The predicted molar refractivity (Wildman–Crippen MR) is 113 cm³/mol. The van der Waals surface area contributed by atoms with Gasteiger partial charge in [-0.25, -0.2) is 0 Å². The lowest BCUT2D eigenvalue weighted by atomic mass is 10.1. The number of hydrogen-bond acceptors (Lipinski definition) is 4. The maximum absolute atomic E-state index is 12.4. The molecule has 1 saturated heterocycles. The van der Waals surface area contributed by atoms with E-state index in [2.05, 4.69) is 9.88 Å². The molecular weight excluding hydrogens is 389 g/mol. The molecule has 9 heteroatoms. The molecule has 0 radical (unpaired) electrons. The van der Waals surface area contributed by atoms with Crippen LogP contribution in [0.15, 0.2) is 18.2 Å². The molecule has 1 aliphatic heterocycles. The second-order valence-electron chi connectivity index (χ2n) is 6.50. The molecular formula is C18H27Cl2N5O2. The number of benzene rings is 1. The van der Waals surface area contributed by atoms with E-state index in [4.69, 9.17) is 15.9 Å². The van der Waals surface area contributed by atoms with Crippen LogP contribution in [-0.4, -0.2) is 59.9 Å². The number of aryl methyl sites for hydroxylation is 1. The molecule has 0 spiro atoms. The Kier molecular flexibility index (Phi) is 8.40. The number of carbonyl (C=O) groups excluding carboxylic acids is 1. The van der Waals surface area contributed by atoms with Crippen LogP contribution in [0.1, 0.15) is 28.9 Å². The Morgan fingerprint density at radius 3 is 2.63 bits per heavy atom. The molecule has 1 fully saturated rings. The Bertz CT molecular complexity index is 802. The van der Waals surface area contributed by atoms with Crippen molar-refractivity contribution in [2.75, 3.05) is 33.3 Å². The topological polar surface area (TPSA) is 98.4 Å². The number of nitrogens with zero attached hydrogens (tertiary/aromatic N) is 2. The fraction of sp³-hybridized carbons (Fsp3) is 0.444. The number of nitrogens with one attached hydrogen (secondary N) is 2. The first-order valence-corrected chi connectivity index (χ1v) is 8.57. The normalized spacial score (nSPS) is 13.7. The maximum atomic E-state index is 12.4. The van der Waals surface area contributed by atoms with Gasteiger partial charge in [0, 0.05) is 19.0 Å². The van der Waals surface area contributed by atoms with Gasteiger partial charge < -0.3 is 15.5 Å². The van der Waals surface area contributed by atoms with Crippen molar-refractivity contribution in [2.45, 2.75) is 19.8 Å². The molecule has 1 aliphatic rings. The van der Waals surface area contributed by atoms with Crippen LogP contribution in [-0.2, 0) is 0 Å². The van der Waals surface area contributed by atoms with Crippen molar-refractivity contribution in [1.29, 1.82) is 5.41 Å². The zero-order chi connectivity index (χ0) is 18.0. The van der Waals surface area contributed by atoms with Crippen LogP contribution in [0.2, 0.25) is 0 Å². The average Bonchev–Trinajstić information content (AvgIpc) is 3.25. The van der Waals surface area contributed by atoms with E-state index in [-0.39, 0.29) is 36.7 Å². The zero-order valence-electron chi connectivity index (χ0n) is 15.6. The third-order valence-electron chi connectivity index (χ3n) is 4.73. The van der Waals surface area contributed by atoms with Crippen LogP contribution in [0.3, 0.4) is 0 Å². The van der Waals surface area contributed by atoms with Crippen LogP contribution in [0.5, 0.6) is 5.75 Å². The number of H-pyrrole nitrogens is 1. The minimum Gasteiger partial charge on any atom is -0.490 e. The number of nitrogens with two attached hydrogens (primary N) is 1. The summed E-state index contributed by atoms with van der Waals surface area (Å²) in [6, 6.07) is 5.71. The molecule has 2 aromatic rings. The first kappa shape index (κ1) is 23.1. The van der Waals surface area contributed by atoms with E-state index < -0.39 is 0 Å². The van der Waals surface area contributed by atoms with Gasteiger partial charge in [0.1, 0.15) is 18.1 Å². The predicted octanol–water partition coefficient (Wildman–Crippen LogP) is 2.76. The molecule has 2 heterocycles. The van der Waals surface area contributed by atoms with Crippen molar-refractivity contribution in [1.82, 2.24) is 14.8 Å². The number of fused-ring (bicyclic) bond motifs is 1. The summed E-state index contributed by atoms with van der Waals surface area (Å²) in [6.45, 7) is 5.81. The lowest BCUT2D eigenvalue weighted by Crippen LogP contribution is -2.38. The van der Waals surface area contributed by atoms with Gasteiger partial charge in [0.05, 0.1) is 5.52 Å². The second kappa shape index (κ2) is 9.82. The summed E-state index contributed by atoms with van der Waals surface area (Å²) in [4.78, 5) is 19.0. The molecule has 3 rings (SSSR count). The molecule has 0 atom stereocenters. The lowest BCUT2D eigenvalue weighted by Gasteiger charge is -2.15. The summed E-state index contributed by atoms with van der Waals surface area (Å²) in [5.41, 5.74) is 7.66. The van der Waals surface area contributed by atoms with Crippen LogP contribution in [0, 0.1) is 12.3 Å². The molecule has 7 nitrogen and oxygen atoms in total. The summed E-state index contributed by atoms with van der Waals surface area (Å²) in [7, 11) is 1.48. The average molecular weight is 416 g/mol. The van der Waals surface area contributed by atoms with Gasteiger partial charge in [-0.1, -0.05) is 6.07 Å². The Morgan fingerprint density at radius 1 is 1.33 bits per heavy atom. The number of ether oxygens (including phenoxy) is 1. The van der Waals surface area contributed by atoms with E-state index in [1.54, 1.807) is 6.07 Å². The minimum absolute atomic E-state index is 0. The highest BCUT2D eigenvalue weighted by Gasteiger charge is 2.19. The van der Waals surface area contributed by atoms with Crippen LogP contribution in [0.4, 0.5) is 0 Å². The van der Waals surface area contributed by atoms with Crippen LogP contribution in [0.25, 0.3) is 10.9 Å². The third-order valence-corrected chi connectivity index (χ3v) is 4.73. The second-order valence-corrected chi connectivity index (χ2v) is 6.50. The number of amides is 1. The number of carbonyl (C=O) groups is 1. The molecule has 150 valence electrons. The van der Waals surface area contributed by atoms with Gasteiger partial charge in [0.2, 0.25) is 0 Å². The van der Waals surface area contributed by atoms with E-state index in [0.717, 1.165) is 46.8 Å². The first-order chi connectivity index (χ1) is 12.0. The van der Waals surface area contributed by atoms with Crippen molar-refractivity contribution in [3.8, 4) is 5.75 Å². The van der Waals surface area contributed by atoms with Crippen molar-refractivity contribution in [3.63, 3.8) is 0 Å². The van der Waals surface area contributed by atoms with Crippen molar-refractivity contribution < 1.29 is 9.53 Å². The Balaban J connectivity index is 0.00000182. The fourth-order valence-electron chi connectivity index (χ4n) is 3.15. The van der Waals surface area contributed by atoms with E-state index in [1.165, 1.54) is 19.9 Å². The minimum atomic E-state index is -0.342. The lowest BCUT2D eigenvalue weighted by molar-refractivity contribution is 0.0864. The third kappa shape index (κ3) is 5.06. The van der Waals surface area contributed by atoms with E-state index in [1.807, 2.05) is 19.1 Å². The highest BCUT2D eigenvalue weighted by Crippen LogP contribution is 2.29. The summed E-state index contributed by atoms with van der Waals surface area (Å²) in [6.07, 6.45) is 2.53. The van der Waals surface area contributed by atoms with E-state index in [0.29, 0.717) is 12.3 Å². The van der Waals surface area contributed by atoms with Crippen molar-refractivity contribution >= 4 is 47.6 Å².